The second-order valence-electron chi connectivity index (χ2n) is 5.68. The Morgan fingerprint density at radius 1 is 1.50 bits per heavy atom. The largest absolute Gasteiger partial charge is 0.394 e. The van der Waals surface area contributed by atoms with Crippen LogP contribution in [0, 0.1) is 0 Å². The lowest BCUT2D eigenvalue weighted by Gasteiger charge is -2.37. The topological polar surface area (TPSA) is 121 Å². The highest BCUT2D eigenvalue weighted by Crippen LogP contribution is 2.34. The Morgan fingerprint density at radius 2 is 2.18 bits per heavy atom. The van der Waals surface area contributed by atoms with Crippen molar-refractivity contribution >= 4 is 12.2 Å². The van der Waals surface area contributed by atoms with E-state index in [1.54, 1.807) is 31.4 Å². The fourth-order valence-corrected chi connectivity index (χ4v) is 2.32. The van der Waals surface area contributed by atoms with E-state index in [9.17, 15) is 15.3 Å². The van der Waals surface area contributed by atoms with Crippen LogP contribution in [-0.2, 0) is 4.74 Å². The summed E-state index contributed by atoms with van der Waals surface area (Å²) < 4.78 is 5.43. The summed E-state index contributed by atoms with van der Waals surface area (Å²) in [4.78, 5) is 11.0. The van der Waals surface area contributed by atoms with Gasteiger partial charge >= 0.3 is 0 Å². The Morgan fingerprint density at radius 3 is 2.68 bits per heavy atom. The molecule has 0 radical (unpaired) electrons. The predicted molar refractivity (Wildman–Crippen MR) is 79.0 cm³/mol. The van der Waals surface area contributed by atoms with E-state index >= 15 is 0 Å². The van der Waals surface area contributed by atoms with Crippen LogP contribution in [0.15, 0.2) is 22.3 Å². The first-order chi connectivity index (χ1) is 10.3. The Hall–Kier alpha value is -1.52. The van der Waals surface area contributed by atoms with Crippen molar-refractivity contribution in [1.82, 2.24) is 9.80 Å². The molecule has 0 aromatic carbocycles. The molecule has 2 heterocycles. The molecule has 0 amide bonds. The minimum absolute atomic E-state index is 0.314. The lowest BCUT2D eigenvalue weighted by molar-refractivity contribution is -0.160. The van der Waals surface area contributed by atoms with Gasteiger partial charge in [-0.25, -0.2) is 9.98 Å². The minimum atomic E-state index is -1.67. The van der Waals surface area contributed by atoms with Crippen LogP contribution in [0.4, 0.5) is 0 Å². The summed E-state index contributed by atoms with van der Waals surface area (Å²) in [6.07, 6.45) is -0.0112. The van der Waals surface area contributed by atoms with Crippen molar-refractivity contribution in [3.63, 3.8) is 0 Å². The Bertz CT molecular complexity index is 491. The summed E-state index contributed by atoms with van der Waals surface area (Å²) in [5.74, 6) is 0.314. The standard InChI is InChI=1S/C13H22N4O5/c1-13(21)10(19)8(6-18)22-11(13)17-5-4-9(15-12(17)20)14-7-16(2)3/h4-5,7-8,10-12,18-21H,6H2,1-3H3/b14-7-/t8-,10?,11-,12?,13?/m1/s1. The summed E-state index contributed by atoms with van der Waals surface area (Å²) in [7, 11) is 3.61. The molecular weight excluding hydrogens is 292 g/mol. The number of ether oxygens (including phenoxy) is 1. The fourth-order valence-electron chi connectivity index (χ4n) is 2.32. The van der Waals surface area contributed by atoms with Gasteiger partial charge in [0.05, 0.1) is 12.9 Å². The van der Waals surface area contributed by atoms with Crippen molar-refractivity contribution in [2.75, 3.05) is 20.7 Å². The summed E-state index contributed by atoms with van der Waals surface area (Å²) in [5, 5.41) is 39.6. The number of rotatable bonds is 3. The van der Waals surface area contributed by atoms with Gasteiger partial charge in [-0.1, -0.05) is 0 Å². The molecule has 5 atom stereocenters. The molecule has 0 aliphatic carbocycles. The van der Waals surface area contributed by atoms with Gasteiger partial charge in [0.25, 0.3) is 0 Å². The smallest absolute Gasteiger partial charge is 0.229 e. The molecule has 9 nitrogen and oxygen atoms in total. The molecule has 2 aliphatic heterocycles. The first kappa shape index (κ1) is 16.8. The van der Waals surface area contributed by atoms with Crippen LogP contribution in [-0.4, -0.2) is 93.5 Å². The van der Waals surface area contributed by atoms with E-state index in [1.807, 2.05) is 0 Å². The first-order valence-corrected chi connectivity index (χ1v) is 6.86. The van der Waals surface area contributed by atoms with Gasteiger partial charge < -0.3 is 35.0 Å². The molecule has 124 valence electrons. The van der Waals surface area contributed by atoms with Crippen LogP contribution < -0.4 is 0 Å². The van der Waals surface area contributed by atoms with E-state index in [4.69, 9.17) is 9.84 Å². The van der Waals surface area contributed by atoms with Crippen molar-refractivity contribution in [3.05, 3.63) is 12.3 Å². The highest BCUT2D eigenvalue weighted by Gasteiger charge is 2.55. The maximum Gasteiger partial charge on any atom is 0.229 e. The highest BCUT2D eigenvalue weighted by molar-refractivity contribution is 5.98. The Balaban J connectivity index is 2.14. The average molecular weight is 314 g/mol. The van der Waals surface area contributed by atoms with Crippen LogP contribution in [0.1, 0.15) is 6.92 Å². The number of amidine groups is 1. The van der Waals surface area contributed by atoms with Gasteiger partial charge in [-0.15, -0.1) is 0 Å². The number of hydrogen-bond donors (Lipinski definition) is 4. The van der Waals surface area contributed by atoms with Crippen LogP contribution in [0.5, 0.6) is 0 Å². The fraction of sp³-hybridized carbons (Fsp3) is 0.692. The van der Waals surface area contributed by atoms with Crippen LogP contribution in [0.2, 0.25) is 0 Å². The normalized spacial score (nSPS) is 38.7. The molecule has 2 rings (SSSR count). The number of aliphatic hydroxyl groups is 4. The molecular formula is C13H22N4O5. The number of hydrogen-bond acceptors (Lipinski definition) is 8. The van der Waals surface area contributed by atoms with Crippen molar-refractivity contribution in [1.29, 1.82) is 0 Å². The average Bonchev–Trinajstić information content (AvgIpc) is 2.68. The molecule has 9 heteroatoms. The highest BCUT2D eigenvalue weighted by atomic mass is 16.6. The molecule has 1 saturated heterocycles. The maximum absolute atomic E-state index is 10.4. The van der Waals surface area contributed by atoms with Gasteiger partial charge in [-0.2, -0.15) is 0 Å². The summed E-state index contributed by atoms with van der Waals surface area (Å²) in [5.41, 5.74) is -1.67. The number of aliphatic imine (C=N–C) groups is 2. The molecule has 2 aliphatic rings. The number of nitrogens with zero attached hydrogens (tertiary/aromatic N) is 4. The van der Waals surface area contributed by atoms with Crippen LogP contribution in [0.25, 0.3) is 0 Å². The quantitative estimate of drug-likeness (QED) is 0.348. The van der Waals surface area contributed by atoms with E-state index in [-0.39, 0.29) is 0 Å². The molecule has 22 heavy (non-hydrogen) atoms. The van der Waals surface area contributed by atoms with Gasteiger partial charge in [0.15, 0.2) is 12.1 Å². The molecule has 0 saturated carbocycles. The predicted octanol–water partition coefficient (Wildman–Crippen LogP) is -2.09. The van der Waals surface area contributed by atoms with Crippen LogP contribution >= 0.6 is 0 Å². The lowest BCUT2D eigenvalue weighted by Crippen LogP contribution is -2.54. The second-order valence-corrected chi connectivity index (χ2v) is 5.68. The zero-order valence-corrected chi connectivity index (χ0v) is 12.7. The molecule has 0 aromatic heterocycles. The van der Waals surface area contributed by atoms with Crippen molar-refractivity contribution < 1.29 is 25.2 Å². The SMILES string of the molecule is CN(C)/C=N\C1=NC(O)N([C@@H]2O[C@H](CO)C(O)C2(C)O)C=C1. The zero-order valence-electron chi connectivity index (χ0n) is 12.7. The van der Waals surface area contributed by atoms with Crippen molar-refractivity contribution in [2.24, 2.45) is 9.98 Å². The molecule has 0 spiro atoms. The maximum atomic E-state index is 10.4. The molecule has 0 bridgehead atoms. The Labute approximate surface area is 128 Å². The van der Waals surface area contributed by atoms with E-state index in [0.717, 1.165) is 0 Å². The van der Waals surface area contributed by atoms with Crippen molar-refractivity contribution in [2.45, 2.75) is 37.3 Å². The lowest BCUT2D eigenvalue weighted by atomic mass is 9.96. The van der Waals surface area contributed by atoms with Gasteiger partial charge in [-0.05, 0) is 13.0 Å². The molecule has 4 N–H and O–H groups in total. The van der Waals surface area contributed by atoms with Gasteiger partial charge in [-0.3, -0.25) is 0 Å². The second kappa shape index (κ2) is 6.31. The minimum Gasteiger partial charge on any atom is -0.394 e. The first-order valence-electron chi connectivity index (χ1n) is 6.86. The van der Waals surface area contributed by atoms with E-state index in [2.05, 4.69) is 9.98 Å². The summed E-state index contributed by atoms with van der Waals surface area (Å²) >= 11 is 0. The molecule has 3 unspecified atom stereocenters. The Kier molecular flexibility index (Phi) is 4.83. The summed E-state index contributed by atoms with van der Waals surface area (Å²) in [6, 6.07) is 0. The van der Waals surface area contributed by atoms with Gasteiger partial charge in [0.1, 0.15) is 17.8 Å². The zero-order chi connectivity index (χ0) is 16.5. The van der Waals surface area contributed by atoms with Gasteiger partial charge in [0.2, 0.25) is 6.35 Å². The summed E-state index contributed by atoms with van der Waals surface area (Å²) in [6.45, 7) is 0.936. The number of aliphatic hydroxyl groups excluding tert-OH is 3. The van der Waals surface area contributed by atoms with Crippen LogP contribution in [0.3, 0.4) is 0 Å². The van der Waals surface area contributed by atoms with Crippen molar-refractivity contribution in [3.8, 4) is 0 Å². The van der Waals surface area contributed by atoms with E-state index < -0.39 is 37.0 Å². The van der Waals surface area contributed by atoms with Gasteiger partial charge in [0, 0.05) is 20.3 Å². The molecule has 0 aromatic rings. The van der Waals surface area contributed by atoms with E-state index in [1.165, 1.54) is 18.0 Å². The third kappa shape index (κ3) is 3.13. The monoisotopic (exact) mass is 314 g/mol. The van der Waals surface area contributed by atoms with E-state index in [0.29, 0.717) is 5.84 Å². The third-order valence-electron chi connectivity index (χ3n) is 3.54. The molecule has 1 fully saturated rings. The third-order valence-corrected chi connectivity index (χ3v) is 3.54.